The summed E-state index contributed by atoms with van der Waals surface area (Å²) in [6, 6.07) is 3.81. The number of benzene rings is 1. The highest BCUT2D eigenvalue weighted by Gasteiger charge is 2.49. The minimum Gasteiger partial charge on any atom is -0.479 e. The number of halogens is 2. The molecule has 1 saturated heterocycles. The van der Waals surface area contributed by atoms with Crippen LogP contribution in [-0.2, 0) is 4.79 Å². The predicted molar refractivity (Wildman–Crippen MR) is 79.6 cm³/mol. The Balaban J connectivity index is 2.39. The van der Waals surface area contributed by atoms with Crippen LogP contribution in [0.4, 0.5) is 4.39 Å². The first-order chi connectivity index (χ1) is 9.92. The van der Waals surface area contributed by atoms with E-state index < -0.39 is 17.3 Å². The first kappa shape index (κ1) is 15.9. The van der Waals surface area contributed by atoms with Gasteiger partial charge in [0, 0.05) is 11.0 Å². The Kier molecular flexibility index (Phi) is 4.66. The lowest BCUT2D eigenvalue weighted by molar-refractivity contribution is -0.148. The predicted octanol–water partition coefficient (Wildman–Crippen LogP) is 3.45. The van der Waals surface area contributed by atoms with Crippen LogP contribution < -0.4 is 0 Å². The minimum atomic E-state index is -1.14. The lowest BCUT2D eigenvalue weighted by Crippen LogP contribution is -2.53. The highest BCUT2D eigenvalue weighted by atomic mass is 79.9. The molecule has 1 aromatic carbocycles. The summed E-state index contributed by atoms with van der Waals surface area (Å²) in [5, 5.41) is 9.61. The van der Waals surface area contributed by atoms with Gasteiger partial charge < -0.3 is 10.0 Å². The molecule has 0 bridgehead atoms. The summed E-state index contributed by atoms with van der Waals surface area (Å²) in [5.41, 5.74) is -0.848. The van der Waals surface area contributed by atoms with Gasteiger partial charge in [0.05, 0.1) is 5.56 Å². The minimum absolute atomic E-state index is 0.292. The second-order valence-electron chi connectivity index (χ2n) is 5.27. The lowest BCUT2D eigenvalue weighted by Gasteiger charge is -2.35. The molecule has 0 radical (unpaired) electrons. The van der Waals surface area contributed by atoms with E-state index in [-0.39, 0.29) is 5.91 Å². The van der Waals surface area contributed by atoms with Crippen LogP contribution in [0.3, 0.4) is 0 Å². The summed E-state index contributed by atoms with van der Waals surface area (Å²) < 4.78 is 13.5. The molecule has 0 aromatic heterocycles. The fourth-order valence-electron chi connectivity index (χ4n) is 2.99. The van der Waals surface area contributed by atoms with E-state index in [1.54, 1.807) is 0 Å². The van der Waals surface area contributed by atoms with Crippen molar-refractivity contribution in [1.29, 1.82) is 0 Å². The average Bonchev–Trinajstić information content (AvgIpc) is 2.83. The molecule has 6 heteroatoms. The van der Waals surface area contributed by atoms with E-state index in [0.29, 0.717) is 42.3 Å². The molecule has 1 aliphatic heterocycles. The molecular weight excluding hydrogens is 341 g/mol. The molecule has 0 spiro atoms. The van der Waals surface area contributed by atoms with Crippen LogP contribution in [-0.4, -0.2) is 34.0 Å². The number of likely N-dealkylation sites (tertiary alicyclic amines) is 1. The first-order valence-electron chi connectivity index (χ1n) is 6.93. The zero-order valence-corrected chi connectivity index (χ0v) is 13.3. The molecule has 1 aliphatic rings. The number of carboxylic acids is 1. The summed E-state index contributed by atoms with van der Waals surface area (Å²) in [4.78, 5) is 25.8. The topological polar surface area (TPSA) is 57.6 Å². The molecule has 1 unspecified atom stereocenters. The molecule has 1 aromatic rings. The third-order valence-electron chi connectivity index (χ3n) is 3.96. The smallest absolute Gasteiger partial charge is 0.329 e. The second kappa shape index (κ2) is 6.13. The third kappa shape index (κ3) is 2.81. The number of hydrogen-bond donors (Lipinski definition) is 1. The molecule has 21 heavy (non-hydrogen) atoms. The van der Waals surface area contributed by atoms with E-state index in [4.69, 9.17) is 0 Å². The van der Waals surface area contributed by atoms with Crippen molar-refractivity contribution < 1.29 is 19.1 Å². The summed E-state index contributed by atoms with van der Waals surface area (Å²) in [7, 11) is 0. The maximum atomic E-state index is 13.1. The molecule has 0 aliphatic carbocycles. The Hall–Kier alpha value is -1.43. The second-order valence-corrected chi connectivity index (χ2v) is 6.13. The van der Waals surface area contributed by atoms with Gasteiger partial charge in [-0.05, 0) is 53.4 Å². The van der Waals surface area contributed by atoms with Gasteiger partial charge in [-0.25, -0.2) is 9.18 Å². The van der Waals surface area contributed by atoms with E-state index in [0.717, 1.165) is 0 Å². The molecule has 1 atom stereocenters. The maximum Gasteiger partial charge on any atom is 0.329 e. The summed E-state index contributed by atoms with van der Waals surface area (Å²) in [5.74, 6) is -1.78. The fraction of sp³-hybridized carbons (Fsp3) is 0.467. The summed E-state index contributed by atoms with van der Waals surface area (Å²) in [6.07, 6.45) is 2.23. The molecule has 0 saturated carbocycles. The Morgan fingerprint density at radius 1 is 1.48 bits per heavy atom. The Morgan fingerprint density at radius 3 is 2.76 bits per heavy atom. The Bertz CT molecular complexity index is 578. The van der Waals surface area contributed by atoms with E-state index in [1.807, 2.05) is 6.92 Å². The van der Waals surface area contributed by atoms with Crippen LogP contribution in [0, 0.1) is 5.82 Å². The number of carbonyl (C=O) groups is 2. The van der Waals surface area contributed by atoms with Gasteiger partial charge in [0.25, 0.3) is 5.91 Å². The number of aliphatic carboxylic acids is 1. The lowest BCUT2D eigenvalue weighted by atomic mass is 9.90. The molecule has 1 amide bonds. The third-order valence-corrected chi connectivity index (χ3v) is 4.61. The number of rotatable bonds is 4. The molecule has 114 valence electrons. The first-order valence-corrected chi connectivity index (χ1v) is 7.72. The summed E-state index contributed by atoms with van der Waals surface area (Å²) in [6.45, 7) is 2.31. The number of carboxylic acid groups (broad SMARTS) is 1. The molecule has 2 rings (SSSR count). The average molecular weight is 358 g/mol. The van der Waals surface area contributed by atoms with Crippen LogP contribution in [0.15, 0.2) is 22.7 Å². The molecular formula is C15H17BrFNO3. The van der Waals surface area contributed by atoms with Gasteiger partial charge in [-0.2, -0.15) is 0 Å². The largest absolute Gasteiger partial charge is 0.479 e. The summed E-state index contributed by atoms with van der Waals surface area (Å²) >= 11 is 3.17. The van der Waals surface area contributed by atoms with Crippen molar-refractivity contribution in [2.45, 2.75) is 38.1 Å². The SMILES string of the molecule is CCCC1(C(=O)O)CCCN1C(=O)c1ccc(F)cc1Br. The van der Waals surface area contributed by atoms with Gasteiger partial charge in [0.15, 0.2) is 0 Å². The monoisotopic (exact) mass is 357 g/mol. The maximum absolute atomic E-state index is 13.1. The quantitative estimate of drug-likeness (QED) is 0.897. The van der Waals surface area contributed by atoms with Crippen molar-refractivity contribution >= 4 is 27.8 Å². The van der Waals surface area contributed by atoms with Crippen LogP contribution in [0.2, 0.25) is 0 Å². The molecule has 1 heterocycles. The zero-order chi connectivity index (χ0) is 15.6. The van der Waals surface area contributed by atoms with Gasteiger partial charge in [-0.15, -0.1) is 0 Å². The van der Waals surface area contributed by atoms with Gasteiger partial charge in [-0.1, -0.05) is 13.3 Å². The Labute approximate surface area is 131 Å². The van der Waals surface area contributed by atoms with Gasteiger partial charge in [-0.3, -0.25) is 4.79 Å². The van der Waals surface area contributed by atoms with Crippen molar-refractivity contribution in [3.05, 3.63) is 34.1 Å². The van der Waals surface area contributed by atoms with E-state index in [9.17, 15) is 19.1 Å². The van der Waals surface area contributed by atoms with Crippen molar-refractivity contribution in [2.24, 2.45) is 0 Å². The number of carbonyl (C=O) groups excluding carboxylic acids is 1. The van der Waals surface area contributed by atoms with E-state index in [1.165, 1.54) is 23.1 Å². The van der Waals surface area contributed by atoms with Crippen molar-refractivity contribution in [3.63, 3.8) is 0 Å². The highest BCUT2D eigenvalue weighted by Crippen LogP contribution is 2.36. The van der Waals surface area contributed by atoms with Crippen LogP contribution in [0.1, 0.15) is 43.0 Å². The normalized spacial score (nSPS) is 21.6. The van der Waals surface area contributed by atoms with E-state index in [2.05, 4.69) is 15.9 Å². The zero-order valence-electron chi connectivity index (χ0n) is 11.7. The fourth-order valence-corrected chi connectivity index (χ4v) is 3.51. The van der Waals surface area contributed by atoms with Gasteiger partial charge in [0.2, 0.25) is 0 Å². The van der Waals surface area contributed by atoms with Gasteiger partial charge in [0.1, 0.15) is 11.4 Å². The standard InChI is InChI=1S/C15H17BrFNO3/c1-2-6-15(14(20)21)7-3-8-18(15)13(19)11-5-4-10(17)9-12(11)16/h4-5,9H,2-3,6-8H2,1H3,(H,20,21). The number of hydrogen-bond acceptors (Lipinski definition) is 2. The van der Waals surface area contributed by atoms with Gasteiger partial charge >= 0.3 is 5.97 Å². The van der Waals surface area contributed by atoms with Crippen molar-refractivity contribution in [2.75, 3.05) is 6.54 Å². The molecule has 4 nitrogen and oxygen atoms in total. The number of nitrogens with zero attached hydrogens (tertiary/aromatic N) is 1. The van der Waals surface area contributed by atoms with Crippen LogP contribution in [0.5, 0.6) is 0 Å². The van der Waals surface area contributed by atoms with Crippen molar-refractivity contribution in [1.82, 2.24) is 4.90 Å². The van der Waals surface area contributed by atoms with E-state index >= 15 is 0 Å². The molecule has 1 fully saturated rings. The van der Waals surface area contributed by atoms with Crippen molar-refractivity contribution in [3.8, 4) is 0 Å². The number of amides is 1. The van der Waals surface area contributed by atoms with Crippen LogP contribution in [0.25, 0.3) is 0 Å². The Morgan fingerprint density at radius 2 is 2.19 bits per heavy atom. The van der Waals surface area contributed by atoms with Crippen LogP contribution >= 0.6 is 15.9 Å². The molecule has 1 N–H and O–H groups in total. The highest BCUT2D eigenvalue weighted by molar-refractivity contribution is 9.10.